The highest BCUT2D eigenvalue weighted by atomic mass is 35.5. The topological polar surface area (TPSA) is 158 Å². The summed E-state index contributed by atoms with van der Waals surface area (Å²) in [6.07, 6.45) is 3.09. The molecule has 13 heteroatoms. The van der Waals surface area contributed by atoms with Crippen LogP contribution < -0.4 is 14.8 Å². The van der Waals surface area contributed by atoms with Gasteiger partial charge in [-0.25, -0.2) is 9.78 Å². The number of halogens is 2. The van der Waals surface area contributed by atoms with Crippen molar-refractivity contribution in [3.05, 3.63) is 170 Å². The highest BCUT2D eigenvalue weighted by Gasteiger charge is 2.37. The Labute approximate surface area is 350 Å². The number of amides is 1. The second-order valence-corrected chi connectivity index (χ2v) is 15.4. The van der Waals surface area contributed by atoms with Gasteiger partial charge in [-0.15, -0.1) is 0 Å². The van der Waals surface area contributed by atoms with E-state index in [0.29, 0.717) is 64.6 Å². The summed E-state index contributed by atoms with van der Waals surface area (Å²) >= 11 is 12.2. The first-order chi connectivity index (χ1) is 28.6. The van der Waals surface area contributed by atoms with Crippen LogP contribution in [0.1, 0.15) is 50.9 Å². The van der Waals surface area contributed by atoms with Crippen molar-refractivity contribution >= 4 is 40.9 Å². The van der Waals surface area contributed by atoms with E-state index in [1.54, 1.807) is 48.8 Å². The number of carboxylic acids is 1. The molecule has 1 unspecified atom stereocenters. The van der Waals surface area contributed by atoms with Crippen LogP contribution in [0.25, 0.3) is 11.1 Å². The lowest BCUT2D eigenvalue weighted by Gasteiger charge is -2.37. The number of benzene rings is 5. The predicted octanol–water partition coefficient (Wildman–Crippen LogP) is 7.82. The number of ketones is 1. The number of ether oxygens (including phenoxy) is 2. The Morgan fingerprint density at radius 2 is 1.66 bits per heavy atom. The summed E-state index contributed by atoms with van der Waals surface area (Å²) in [4.78, 5) is 49.6. The lowest BCUT2D eigenvalue weighted by molar-refractivity contribution is -0.143. The molecule has 5 aromatic carbocycles. The lowest BCUT2D eigenvalue weighted by atomic mass is 9.88. The van der Waals surface area contributed by atoms with Crippen LogP contribution in [-0.2, 0) is 53.3 Å². The minimum atomic E-state index is -1.18. The fourth-order valence-corrected chi connectivity index (χ4v) is 7.83. The molecule has 11 nitrogen and oxygen atoms in total. The summed E-state index contributed by atoms with van der Waals surface area (Å²) in [6, 6.07) is 31.4. The largest absolute Gasteiger partial charge is 0.489 e. The molecule has 6 aromatic rings. The summed E-state index contributed by atoms with van der Waals surface area (Å²) < 4.78 is 12.3. The standard InChI is InChI=1S/C46H37Cl2N5O6/c47-37-14-5-29(17-38(37)48)26-58-36-12-10-32(11-13-36)44-41(54)21-34-19-33-20-40(53(25-43-50-15-16-51-43)24-35(33)22-42(34)59-44)45(55)52-39(46(56)57)18-27-1-6-30(7-2-27)31-8-3-28(23-49)4-9-31/h1-17,19,22,39-40,44H,18,20-21,24-26H2,(H,50,51)(H,52,55)(H,56,57)/t39-,40-,44?/m0/s1. The van der Waals surface area contributed by atoms with Gasteiger partial charge in [-0.05, 0) is 82.3 Å². The minimum absolute atomic E-state index is 0.0822. The van der Waals surface area contributed by atoms with Crippen molar-refractivity contribution < 1.29 is 29.0 Å². The second kappa shape index (κ2) is 17.2. The molecule has 3 heterocycles. The van der Waals surface area contributed by atoms with Gasteiger partial charge in [0.15, 0.2) is 11.9 Å². The number of fused-ring (bicyclic) bond motifs is 2. The van der Waals surface area contributed by atoms with Gasteiger partial charge in [-0.1, -0.05) is 83.9 Å². The van der Waals surface area contributed by atoms with Gasteiger partial charge < -0.3 is 24.9 Å². The maximum absolute atomic E-state index is 14.1. The molecule has 0 spiro atoms. The monoisotopic (exact) mass is 825 g/mol. The number of rotatable bonds is 12. The first-order valence-electron chi connectivity index (χ1n) is 19.0. The molecule has 3 atom stereocenters. The minimum Gasteiger partial charge on any atom is -0.489 e. The van der Waals surface area contributed by atoms with Gasteiger partial charge in [0.2, 0.25) is 5.91 Å². The van der Waals surface area contributed by atoms with Crippen molar-refractivity contribution in [1.82, 2.24) is 20.2 Å². The molecule has 1 amide bonds. The van der Waals surface area contributed by atoms with Crippen molar-refractivity contribution in [3.8, 4) is 28.7 Å². The number of hydrogen-bond donors (Lipinski definition) is 3. The zero-order valence-electron chi connectivity index (χ0n) is 31.5. The molecular weight excluding hydrogens is 789 g/mol. The van der Waals surface area contributed by atoms with Crippen LogP contribution >= 0.6 is 23.2 Å². The second-order valence-electron chi connectivity index (χ2n) is 14.6. The molecule has 0 fully saturated rings. The first-order valence-corrected chi connectivity index (χ1v) is 19.7. The van der Waals surface area contributed by atoms with Crippen LogP contribution in [0, 0.1) is 11.3 Å². The average Bonchev–Trinajstić information content (AvgIpc) is 3.76. The van der Waals surface area contributed by atoms with Crippen molar-refractivity contribution in [1.29, 1.82) is 5.26 Å². The van der Waals surface area contributed by atoms with Crippen LogP contribution in [0.5, 0.6) is 11.5 Å². The van der Waals surface area contributed by atoms with E-state index < -0.39 is 30.1 Å². The SMILES string of the molecule is N#Cc1ccc(-c2ccc(C[C@H](NC(=O)[C@@H]3Cc4cc5c(cc4CN3Cc3ncc[nH]3)OC(c3ccc(OCc4ccc(Cl)c(Cl)c4)cc3)C(=O)C5)C(=O)O)cc2)cc1. The van der Waals surface area contributed by atoms with E-state index in [0.717, 1.165) is 38.9 Å². The number of aromatic nitrogens is 2. The smallest absolute Gasteiger partial charge is 0.326 e. The summed E-state index contributed by atoms with van der Waals surface area (Å²) in [5, 5.41) is 23.1. The summed E-state index contributed by atoms with van der Waals surface area (Å²) in [6.45, 7) is 0.977. The first kappa shape index (κ1) is 39.4. The van der Waals surface area contributed by atoms with Crippen LogP contribution in [-0.4, -0.2) is 49.7 Å². The summed E-state index contributed by atoms with van der Waals surface area (Å²) in [5.74, 6) is 0.224. The van der Waals surface area contributed by atoms with Gasteiger partial charge in [-0.2, -0.15) is 5.26 Å². The number of nitrogens with one attached hydrogen (secondary N) is 2. The molecule has 2 aliphatic heterocycles. The molecule has 0 aliphatic carbocycles. The molecule has 3 N–H and O–H groups in total. The van der Waals surface area contributed by atoms with Crippen molar-refractivity contribution in [2.75, 3.05) is 0 Å². The number of imidazole rings is 1. The lowest BCUT2D eigenvalue weighted by Crippen LogP contribution is -2.54. The summed E-state index contributed by atoms with van der Waals surface area (Å²) in [5.41, 5.74) is 7.30. The fraction of sp³-hybridized carbons (Fsp3) is 0.196. The van der Waals surface area contributed by atoms with E-state index in [1.807, 2.05) is 71.6 Å². The third kappa shape index (κ3) is 9.01. The van der Waals surface area contributed by atoms with E-state index in [2.05, 4.69) is 21.4 Å². The van der Waals surface area contributed by atoms with Crippen LogP contribution in [0.15, 0.2) is 116 Å². The number of aromatic amines is 1. The maximum Gasteiger partial charge on any atom is 0.326 e. The number of carbonyl (C=O) groups excluding carboxylic acids is 2. The van der Waals surface area contributed by atoms with E-state index in [4.69, 9.17) is 37.9 Å². The Morgan fingerprint density at radius 3 is 2.34 bits per heavy atom. The van der Waals surface area contributed by atoms with Gasteiger partial charge in [0.05, 0.1) is 34.3 Å². The van der Waals surface area contributed by atoms with Crippen molar-refractivity contribution in [3.63, 3.8) is 0 Å². The molecule has 0 saturated carbocycles. The van der Waals surface area contributed by atoms with Crippen LogP contribution in [0.3, 0.4) is 0 Å². The molecule has 1 aromatic heterocycles. The van der Waals surface area contributed by atoms with Gasteiger partial charge in [0, 0.05) is 42.9 Å². The van der Waals surface area contributed by atoms with Gasteiger partial charge >= 0.3 is 5.97 Å². The Bertz CT molecular complexity index is 2560. The normalized spacial score (nSPS) is 16.5. The van der Waals surface area contributed by atoms with E-state index in [-0.39, 0.29) is 18.6 Å². The molecular formula is C46H37Cl2N5O6. The van der Waals surface area contributed by atoms with Crippen molar-refractivity contribution in [2.24, 2.45) is 0 Å². The van der Waals surface area contributed by atoms with Crippen molar-refractivity contribution in [2.45, 2.75) is 57.1 Å². The molecule has 8 rings (SSSR count). The highest BCUT2D eigenvalue weighted by Crippen LogP contribution is 2.38. The van der Waals surface area contributed by atoms with Crippen LogP contribution in [0.4, 0.5) is 0 Å². The Morgan fingerprint density at radius 1 is 0.932 bits per heavy atom. The van der Waals surface area contributed by atoms with Gasteiger partial charge in [0.25, 0.3) is 0 Å². The number of nitrogens with zero attached hydrogens (tertiary/aromatic N) is 3. The van der Waals surface area contributed by atoms with Crippen LogP contribution in [0.2, 0.25) is 10.0 Å². The van der Waals surface area contributed by atoms with E-state index >= 15 is 0 Å². The molecule has 0 bridgehead atoms. The van der Waals surface area contributed by atoms with Gasteiger partial charge in [0.1, 0.15) is 30.0 Å². The number of Topliss-reactive ketones (excluding diaryl/α,β-unsaturated/α-hetero) is 1. The number of H-pyrrole nitrogens is 1. The molecule has 2 aliphatic rings. The quantitative estimate of drug-likeness (QED) is 0.112. The summed E-state index contributed by atoms with van der Waals surface area (Å²) in [7, 11) is 0. The van der Waals surface area contributed by atoms with Gasteiger partial charge in [-0.3, -0.25) is 14.5 Å². The molecule has 296 valence electrons. The number of hydrogen-bond acceptors (Lipinski definition) is 8. The zero-order valence-corrected chi connectivity index (χ0v) is 33.0. The number of carboxylic acid groups (broad SMARTS) is 1. The maximum atomic E-state index is 14.1. The molecule has 0 saturated heterocycles. The van der Waals surface area contributed by atoms with E-state index in [1.165, 1.54) is 0 Å². The Balaban J connectivity index is 0.962. The number of nitriles is 1. The number of carbonyl (C=O) groups is 3. The Hall–Kier alpha value is -6.45. The highest BCUT2D eigenvalue weighted by molar-refractivity contribution is 6.42. The number of aliphatic carboxylic acids is 1. The average molecular weight is 827 g/mol. The predicted molar refractivity (Wildman–Crippen MR) is 221 cm³/mol. The molecule has 59 heavy (non-hydrogen) atoms. The third-order valence-corrected chi connectivity index (χ3v) is 11.4. The third-order valence-electron chi connectivity index (χ3n) is 10.7. The Kier molecular flexibility index (Phi) is 11.5. The molecule has 0 radical (unpaired) electrons. The zero-order chi connectivity index (χ0) is 41.0. The fourth-order valence-electron chi connectivity index (χ4n) is 7.51. The van der Waals surface area contributed by atoms with E-state index in [9.17, 15) is 19.5 Å².